The second kappa shape index (κ2) is 9.12. The fourth-order valence-electron chi connectivity index (χ4n) is 2.15. The molecular weight excluding hydrogens is 222 g/mol. The summed E-state index contributed by atoms with van der Waals surface area (Å²) in [5, 5.41) is 3.59. The molecule has 1 aromatic carbocycles. The molecular formula is C16H27NO. The molecule has 18 heavy (non-hydrogen) atoms. The normalized spacial score (nSPS) is 12.6. The van der Waals surface area contributed by atoms with Crippen LogP contribution in [0.2, 0.25) is 0 Å². The van der Waals surface area contributed by atoms with E-state index >= 15 is 0 Å². The minimum Gasteiger partial charge on any atom is -0.385 e. The van der Waals surface area contributed by atoms with Gasteiger partial charge in [0.15, 0.2) is 0 Å². The van der Waals surface area contributed by atoms with Gasteiger partial charge in [-0.3, -0.25) is 0 Å². The topological polar surface area (TPSA) is 21.3 Å². The van der Waals surface area contributed by atoms with E-state index < -0.39 is 0 Å². The Kier molecular flexibility index (Phi) is 7.70. The monoisotopic (exact) mass is 249 g/mol. The zero-order valence-corrected chi connectivity index (χ0v) is 12.0. The van der Waals surface area contributed by atoms with Crippen LogP contribution >= 0.6 is 0 Å². The average Bonchev–Trinajstić information content (AvgIpc) is 2.41. The van der Waals surface area contributed by atoms with Gasteiger partial charge in [-0.15, -0.1) is 0 Å². The van der Waals surface area contributed by atoms with Gasteiger partial charge in [-0.1, -0.05) is 44.5 Å². The van der Waals surface area contributed by atoms with Gasteiger partial charge in [0.25, 0.3) is 0 Å². The Bertz CT molecular complexity index is 299. The van der Waals surface area contributed by atoms with Crippen LogP contribution in [0.5, 0.6) is 0 Å². The molecule has 2 heteroatoms. The van der Waals surface area contributed by atoms with Gasteiger partial charge in [0, 0.05) is 19.8 Å². The van der Waals surface area contributed by atoms with Crippen molar-refractivity contribution in [3.8, 4) is 0 Å². The van der Waals surface area contributed by atoms with E-state index in [0.29, 0.717) is 6.04 Å². The first-order valence-electron chi connectivity index (χ1n) is 7.13. The van der Waals surface area contributed by atoms with Gasteiger partial charge >= 0.3 is 0 Å². The van der Waals surface area contributed by atoms with Crippen molar-refractivity contribution in [3.63, 3.8) is 0 Å². The third-order valence-electron chi connectivity index (χ3n) is 3.17. The molecule has 0 amide bonds. The Labute approximate surface area is 112 Å². The molecule has 0 aliphatic heterocycles. The van der Waals surface area contributed by atoms with Crippen molar-refractivity contribution >= 4 is 0 Å². The van der Waals surface area contributed by atoms with E-state index in [1.165, 1.54) is 24.0 Å². The molecule has 0 bridgehead atoms. The largest absolute Gasteiger partial charge is 0.385 e. The molecule has 0 saturated carbocycles. The lowest BCUT2D eigenvalue weighted by Gasteiger charge is -2.19. The molecule has 0 fully saturated rings. The Morgan fingerprint density at radius 1 is 1.11 bits per heavy atom. The summed E-state index contributed by atoms with van der Waals surface area (Å²) in [7, 11) is 1.77. The SMILES string of the molecule is CCCNC(CCOC)c1ccc(CCC)cc1. The van der Waals surface area contributed by atoms with Crippen LogP contribution < -0.4 is 5.32 Å². The van der Waals surface area contributed by atoms with Crippen LogP contribution in [0.15, 0.2) is 24.3 Å². The highest BCUT2D eigenvalue weighted by Gasteiger charge is 2.09. The molecule has 2 nitrogen and oxygen atoms in total. The predicted molar refractivity (Wildman–Crippen MR) is 78.0 cm³/mol. The number of benzene rings is 1. The molecule has 1 atom stereocenters. The molecule has 0 aromatic heterocycles. The van der Waals surface area contributed by atoms with Crippen LogP contribution in [-0.2, 0) is 11.2 Å². The van der Waals surface area contributed by atoms with Gasteiger partial charge in [-0.2, -0.15) is 0 Å². The van der Waals surface area contributed by atoms with E-state index in [-0.39, 0.29) is 0 Å². The summed E-state index contributed by atoms with van der Waals surface area (Å²) in [6.07, 6.45) is 4.58. The molecule has 1 unspecified atom stereocenters. The average molecular weight is 249 g/mol. The van der Waals surface area contributed by atoms with Crippen molar-refractivity contribution in [2.45, 2.75) is 45.6 Å². The lowest BCUT2D eigenvalue weighted by Crippen LogP contribution is -2.23. The lowest BCUT2D eigenvalue weighted by atomic mass is 10.0. The van der Waals surface area contributed by atoms with Gasteiger partial charge in [0.2, 0.25) is 0 Å². The molecule has 1 aromatic rings. The van der Waals surface area contributed by atoms with Crippen LogP contribution in [0.25, 0.3) is 0 Å². The van der Waals surface area contributed by atoms with E-state index in [1.807, 2.05) is 0 Å². The van der Waals surface area contributed by atoms with Crippen LogP contribution in [0.1, 0.15) is 50.3 Å². The van der Waals surface area contributed by atoms with Crippen molar-refractivity contribution in [3.05, 3.63) is 35.4 Å². The van der Waals surface area contributed by atoms with Gasteiger partial charge in [-0.05, 0) is 36.9 Å². The van der Waals surface area contributed by atoms with Crippen LogP contribution in [0.4, 0.5) is 0 Å². The quantitative estimate of drug-likeness (QED) is 0.720. The molecule has 0 aliphatic rings. The van der Waals surface area contributed by atoms with E-state index in [9.17, 15) is 0 Å². The third kappa shape index (κ3) is 5.19. The Morgan fingerprint density at radius 2 is 1.83 bits per heavy atom. The van der Waals surface area contributed by atoms with Gasteiger partial charge in [0.05, 0.1) is 0 Å². The van der Waals surface area contributed by atoms with E-state index in [4.69, 9.17) is 4.74 Å². The Morgan fingerprint density at radius 3 is 2.39 bits per heavy atom. The summed E-state index contributed by atoms with van der Waals surface area (Å²) < 4.78 is 5.20. The number of methoxy groups -OCH3 is 1. The smallest absolute Gasteiger partial charge is 0.0480 e. The summed E-state index contributed by atoms with van der Waals surface area (Å²) in [6.45, 7) is 6.28. The van der Waals surface area contributed by atoms with Gasteiger partial charge in [0.1, 0.15) is 0 Å². The molecule has 0 spiro atoms. The van der Waals surface area contributed by atoms with Gasteiger partial charge < -0.3 is 10.1 Å². The molecule has 102 valence electrons. The van der Waals surface area contributed by atoms with Crippen molar-refractivity contribution in [2.75, 3.05) is 20.3 Å². The molecule has 0 radical (unpaired) electrons. The molecule has 1 N–H and O–H groups in total. The molecule has 1 rings (SSSR count). The maximum atomic E-state index is 5.20. The van der Waals surface area contributed by atoms with Crippen LogP contribution in [-0.4, -0.2) is 20.3 Å². The van der Waals surface area contributed by atoms with Gasteiger partial charge in [-0.25, -0.2) is 0 Å². The van der Waals surface area contributed by atoms with Crippen molar-refractivity contribution in [1.82, 2.24) is 5.32 Å². The number of ether oxygens (including phenoxy) is 1. The highest BCUT2D eigenvalue weighted by atomic mass is 16.5. The zero-order valence-electron chi connectivity index (χ0n) is 12.0. The Hall–Kier alpha value is -0.860. The minimum absolute atomic E-state index is 0.417. The zero-order chi connectivity index (χ0) is 13.2. The summed E-state index contributed by atoms with van der Waals surface area (Å²) >= 11 is 0. The summed E-state index contributed by atoms with van der Waals surface area (Å²) in [5.74, 6) is 0. The highest BCUT2D eigenvalue weighted by molar-refractivity contribution is 5.25. The minimum atomic E-state index is 0.417. The van der Waals surface area contributed by atoms with Crippen LogP contribution in [0, 0.1) is 0 Å². The van der Waals surface area contributed by atoms with E-state index in [1.54, 1.807) is 7.11 Å². The predicted octanol–water partition coefficient (Wildman–Crippen LogP) is 3.72. The number of hydrogen-bond donors (Lipinski definition) is 1. The lowest BCUT2D eigenvalue weighted by molar-refractivity contribution is 0.183. The first kappa shape index (κ1) is 15.2. The second-order valence-corrected chi connectivity index (χ2v) is 4.78. The van der Waals surface area contributed by atoms with Crippen LogP contribution in [0.3, 0.4) is 0 Å². The second-order valence-electron chi connectivity index (χ2n) is 4.78. The fourth-order valence-corrected chi connectivity index (χ4v) is 2.15. The van der Waals surface area contributed by atoms with Crippen molar-refractivity contribution in [1.29, 1.82) is 0 Å². The summed E-state index contributed by atoms with van der Waals surface area (Å²) in [6, 6.07) is 9.45. The summed E-state index contributed by atoms with van der Waals surface area (Å²) in [5.41, 5.74) is 2.81. The number of nitrogens with one attached hydrogen (secondary N) is 1. The number of rotatable bonds is 9. The third-order valence-corrected chi connectivity index (χ3v) is 3.17. The maximum absolute atomic E-state index is 5.20. The first-order chi connectivity index (χ1) is 8.81. The van der Waals surface area contributed by atoms with Crippen molar-refractivity contribution in [2.24, 2.45) is 0 Å². The Balaban J connectivity index is 2.64. The van der Waals surface area contributed by atoms with Crippen molar-refractivity contribution < 1.29 is 4.74 Å². The summed E-state index contributed by atoms with van der Waals surface area (Å²) in [4.78, 5) is 0. The standard InChI is InChI=1S/C16H27NO/c1-4-6-14-7-9-15(10-8-14)16(11-13-18-3)17-12-5-2/h7-10,16-17H,4-6,11-13H2,1-3H3. The number of aryl methyl sites for hydroxylation is 1. The first-order valence-corrected chi connectivity index (χ1v) is 7.13. The number of hydrogen-bond acceptors (Lipinski definition) is 2. The van der Waals surface area contributed by atoms with E-state index in [0.717, 1.165) is 26.0 Å². The maximum Gasteiger partial charge on any atom is 0.0480 e. The molecule has 0 heterocycles. The fraction of sp³-hybridized carbons (Fsp3) is 0.625. The highest BCUT2D eigenvalue weighted by Crippen LogP contribution is 2.18. The molecule has 0 aliphatic carbocycles. The van der Waals surface area contributed by atoms with E-state index in [2.05, 4.69) is 43.4 Å². The molecule has 0 saturated heterocycles.